The third-order valence-electron chi connectivity index (χ3n) is 4.36. The summed E-state index contributed by atoms with van der Waals surface area (Å²) in [4.78, 5) is 22.4. The fourth-order valence-corrected chi connectivity index (χ4v) is 3.69. The average molecular weight is 344 g/mol. The number of hydrogen-bond donors (Lipinski definition) is 1. The van der Waals surface area contributed by atoms with Crippen LogP contribution in [0, 0.1) is 0 Å². The minimum absolute atomic E-state index is 0.0179. The minimum Gasteiger partial charge on any atom is -0.331 e. The molecular weight excluding hydrogens is 320 g/mol. The molecule has 0 saturated carbocycles. The van der Waals surface area contributed by atoms with Gasteiger partial charge in [-0.1, -0.05) is 12.1 Å². The fraction of sp³-hybridized carbons (Fsp3) is 0.444. The third-order valence-corrected chi connectivity index (χ3v) is 5.22. The monoisotopic (exact) mass is 344 g/mol. The van der Waals surface area contributed by atoms with Gasteiger partial charge in [0.05, 0.1) is 6.04 Å². The molecule has 1 aliphatic heterocycles. The Morgan fingerprint density at radius 2 is 2.21 bits per heavy atom. The summed E-state index contributed by atoms with van der Waals surface area (Å²) in [6.07, 6.45) is 4.56. The van der Waals surface area contributed by atoms with Crippen molar-refractivity contribution < 1.29 is 4.79 Å². The van der Waals surface area contributed by atoms with Crippen LogP contribution < -0.4 is 5.32 Å². The van der Waals surface area contributed by atoms with E-state index in [4.69, 9.17) is 0 Å². The first kappa shape index (κ1) is 16.9. The number of amides is 2. The van der Waals surface area contributed by atoms with E-state index >= 15 is 0 Å². The molecule has 0 aromatic carbocycles. The van der Waals surface area contributed by atoms with Gasteiger partial charge < -0.3 is 10.2 Å². The van der Waals surface area contributed by atoms with Gasteiger partial charge in [0.25, 0.3) is 0 Å². The molecule has 1 aliphatic rings. The normalized spacial score (nSPS) is 17.3. The summed E-state index contributed by atoms with van der Waals surface area (Å²) in [5.74, 6) is 0. The number of nitrogens with zero attached hydrogens (tertiary/aromatic N) is 3. The molecule has 1 fully saturated rings. The third kappa shape index (κ3) is 4.55. The van der Waals surface area contributed by atoms with E-state index in [9.17, 15) is 4.79 Å². The zero-order valence-corrected chi connectivity index (χ0v) is 14.8. The van der Waals surface area contributed by atoms with Crippen LogP contribution in [-0.4, -0.2) is 47.0 Å². The van der Waals surface area contributed by atoms with Crippen molar-refractivity contribution >= 4 is 17.4 Å². The van der Waals surface area contributed by atoms with Crippen LogP contribution in [0.15, 0.2) is 42.0 Å². The van der Waals surface area contributed by atoms with E-state index in [0.29, 0.717) is 0 Å². The van der Waals surface area contributed by atoms with E-state index in [1.807, 2.05) is 24.0 Å². The summed E-state index contributed by atoms with van der Waals surface area (Å²) < 4.78 is 0. The molecule has 1 atom stereocenters. The summed E-state index contributed by atoms with van der Waals surface area (Å²) in [7, 11) is 0. The van der Waals surface area contributed by atoms with E-state index in [1.54, 1.807) is 23.7 Å². The summed E-state index contributed by atoms with van der Waals surface area (Å²) in [6.45, 7) is 6.53. The first-order chi connectivity index (χ1) is 11.7. The quantitative estimate of drug-likeness (QED) is 0.927. The molecule has 2 aromatic heterocycles. The number of rotatable bonds is 4. The molecule has 2 aromatic rings. The van der Waals surface area contributed by atoms with Gasteiger partial charge in [0, 0.05) is 50.0 Å². The number of aromatic nitrogens is 1. The molecule has 0 aliphatic carbocycles. The highest BCUT2D eigenvalue weighted by Crippen LogP contribution is 2.15. The number of carbonyl (C=O) groups excluding carboxylic acids is 1. The standard InChI is InChI=1S/C18H24N4OS/c1-15(16-5-2-7-19-13-16)20-18(23)22-9-4-8-21(10-11-22)14-17-6-3-12-24-17/h2-3,5-7,12-13,15H,4,8-11,14H2,1H3,(H,20,23). The van der Waals surface area contributed by atoms with Gasteiger partial charge >= 0.3 is 6.03 Å². The van der Waals surface area contributed by atoms with Gasteiger partial charge in [-0.05, 0) is 36.4 Å². The average Bonchev–Trinajstić information content (AvgIpc) is 2.99. The predicted octanol–water partition coefficient (Wildman–Crippen LogP) is 3.12. The van der Waals surface area contributed by atoms with Crippen molar-refractivity contribution in [2.45, 2.75) is 25.9 Å². The van der Waals surface area contributed by atoms with Crippen molar-refractivity contribution in [1.82, 2.24) is 20.1 Å². The van der Waals surface area contributed by atoms with Crippen molar-refractivity contribution in [2.24, 2.45) is 0 Å². The molecule has 6 heteroatoms. The zero-order valence-electron chi connectivity index (χ0n) is 14.0. The number of thiophene rings is 1. The number of nitrogens with one attached hydrogen (secondary N) is 1. The predicted molar refractivity (Wildman–Crippen MR) is 97.0 cm³/mol. The number of urea groups is 1. The second-order valence-corrected chi connectivity index (χ2v) is 7.19. The molecule has 1 N–H and O–H groups in total. The Bertz CT molecular complexity index is 632. The highest BCUT2D eigenvalue weighted by molar-refractivity contribution is 7.09. The van der Waals surface area contributed by atoms with Gasteiger partial charge in [0.1, 0.15) is 0 Å². The Morgan fingerprint density at radius 1 is 1.29 bits per heavy atom. The van der Waals surface area contributed by atoms with Gasteiger partial charge in [-0.3, -0.25) is 9.88 Å². The fourth-order valence-electron chi connectivity index (χ4n) is 2.95. The first-order valence-electron chi connectivity index (χ1n) is 8.42. The summed E-state index contributed by atoms with van der Waals surface area (Å²) in [6, 6.07) is 8.14. The molecule has 0 bridgehead atoms. The molecule has 1 unspecified atom stereocenters. The van der Waals surface area contributed by atoms with E-state index in [0.717, 1.165) is 44.7 Å². The Hall–Kier alpha value is -1.92. The highest BCUT2D eigenvalue weighted by atomic mass is 32.1. The van der Waals surface area contributed by atoms with E-state index in [-0.39, 0.29) is 12.1 Å². The largest absolute Gasteiger partial charge is 0.331 e. The van der Waals surface area contributed by atoms with Crippen molar-refractivity contribution in [3.63, 3.8) is 0 Å². The lowest BCUT2D eigenvalue weighted by molar-refractivity contribution is 0.194. The van der Waals surface area contributed by atoms with E-state index in [2.05, 4.69) is 32.7 Å². The van der Waals surface area contributed by atoms with Gasteiger partial charge in [0.15, 0.2) is 0 Å². The van der Waals surface area contributed by atoms with Gasteiger partial charge in [-0.2, -0.15) is 0 Å². The molecule has 3 rings (SSSR count). The lowest BCUT2D eigenvalue weighted by atomic mass is 10.1. The van der Waals surface area contributed by atoms with E-state index < -0.39 is 0 Å². The smallest absolute Gasteiger partial charge is 0.317 e. The van der Waals surface area contributed by atoms with E-state index in [1.165, 1.54) is 4.88 Å². The van der Waals surface area contributed by atoms with Crippen LogP contribution in [0.5, 0.6) is 0 Å². The van der Waals surface area contributed by atoms with Crippen LogP contribution in [0.2, 0.25) is 0 Å². The summed E-state index contributed by atoms with van der Waals surface area (Å²) in [5.41, 5.74) is 1.03. The second-order valence-electron chi connectivity index (χ2n) is 6.15. The minimum atomic E-state index is -0.0309. The lowest BCUT2D eigenvalue weighted by Gasteiger charge is -2.24. The van der Waals surface area contributed by atoms with Crippen LogP contribution in [0.3, 0.4) is 0 Å². The number of carbonyl (C=O) groups is 1. The summed E-state index contributed by atoms with van der Waals surface area (Å²) >= 11 is 1.80. The zero-order chi connectivity index (χ0) is 16.8. The topological polar surface area (TPSA) is 48.5 Å². The van der Waals surface area contributed by atoms with Crippen molar-refractivity contribution in [3.8, 4) is 0 Å². The molecule has 3 heterocycles. The maximum atomic E-state index is 12.5. The highest BCUT2D eigenvalue weighted by Gasteiger charge is 2.20. The van der Waals surface area contributed by atoms with Gasteiger partial charge in [-0.25, -0.2) is 4.79 Å². The Kier molecular flexibility index (Phi) is 5.82. The maximum absolute atomic E-state index is 12.5. The van der Waals surface area contributed by atoms with Crippen LogP contribution in [0.25, 0.3) is 0 Å². The summed E-state index contributed by atoms with van der Waals surface area (Å²) in [5, 5.41) is 5.20. The first-order valence-corrected chi connectivity index (χ1v) is 9.30. The van der Waals surface area contributed by atoms with Crippen molar-refractivity contribution in [2.75, 3.05) is 26.2 Å². The lowest BCUT2D eigenvalue weighted by Crippen LogP contribution is -2.42. The van der Waals surface area contributed by atoms with Gasteiger partial charge in [-0.15, -0.1) is 11.3 Å². The SMILES string of the molecule is CC(NC(=O)N1CCCN(Cc2cccs2)CC1)c1cccnc1. The van der Waals surface area contributed by atoms with Crippen molar-refractivity contribution in [3.05, 3.63) is 52.5 Å². The van der Waals surface area contributed by atoms with Crippen LogP contribution in [0.1, 0.15) is 29.8 Å². The van der Waals surface area contributed by atoms with Gasteiger partial charge in [0.2, 0.25) is 0 Å². The molecule has 24 heavy (non-hydrogen) atoms. The Morgan fingerprint density at radius 3 is 2.96 bits per heavy atom. The number of pyridine rings is 1. The molecule has 2 amide bonds. The second kappa shape index (κ2) is 8.26. The van der Waals surface area contributed by atoms with Crippen LogP contribution >= 0.6 is 11.3 Å². The molecule has 128 valence electrons. The Balaban J connectivity index is 1.51. The molecule has 1 saturated heterocycles. The molecule has 0 spiro atoms. The Labute approximate surface area is 147 Å². The molecule has 5 nitrogen and oxygen atoms in total. The molecule has 0 radical (unpaired) electrons. The maximum Gasteiger partial charge on any atom is 0.317 e. The van der Waals surface area contributed by atoms with Crippen LogP contribution in [0.4, 0.5) is 4.79 Å². The number of hydrogen-bond acceptors (Lipinski definition) is 4. The molecular formula is C18H24N4OS. The van der Waals surface area contributed by atoms with Crippen LogP contribution in [-0.2, 0) is 6.54 Å². The van der Waals surface area contributed by atoms with Crippen molar-refractivity contribution in [1.29, 1.82) is 0 Å².